The highest BCUT2D eigenvalue weighted by Crippen LogP contribution is 2.23. The number of ketones is 2. The summed E-state index contributed by atoms with van der Waals surface area (Å²) in [5.74, 6) is -0.0948. The quantitative estimate of drug-likeness (QED) is 0.0548. The second kappa shape index (κ2) is 19.8. The molecule has 0 aliphatic rings. The molecule has 0 bridgehead atoms. The maximum Gasteiger partial charge on any atom is 0.241 e. The lowest BCUT2D eigenvalue weighted by Gasteiger charge is -2.27. The molecule has 15 nitrogen and oxygen atoms in total. The fourth-order valence-corrected chi connectivity index (χ4v) is 9.81. The maximum absolute atomic E-state index is 14.1. The summed E-state index contributed by atoms with van der Waals surface area (Å²) in [5, 5.41) is 0. The van der Waals surface area contributed by atoms with Gasteiger partial charge in [-0.15, -0.1) is 13.2 Å². The summed E-state index contributed by atoms with van der Waals surface area (Å²) in [7, 11) is -8.46. The number of aromatic nitrogens is 6. The largest absolute Gasteiger partial charge is 0.351 e. The molecule has 2 aromatic carbocycles. The van der Waals surface area contributed by atoms with E-state index in [0.717, 1.165) is 56.2 Å². The first kappa shape index (κ1) is 46.8. The minimum absolute atomic E-state index is 0.0537. The van der Waals surface area contributed by atoms with E-state index in [9.17, 15) is 26.4 Å². The van der Waals surface area contributed by atoms with Crippen LogP contribution in [-0.4, -0.2) is 82.6 Å². The van der Waals surface area contributed by atoms with Gasteiger partial charge in [0.25, 0.3) is 0 Å². The van der Waals surface area contributed by atoms with Crippen LogP contribution in [0.25, 0.3) is 22.1 Å². The fraction of sp³-hybridized carbons (Fsp3) is 0.348. The number of benzene rings is 2. The summed E-state index contributed by atoms with van der Waals surface area (Å²) in [4.78, 5) is 52.5. The summed E-state index contributed by atoms with van der Waals surface area (Å²) in [6, 6.07) is 13.7. The van der Waals surface area contributed by atoms with Gasteiger partial charge in [-0.25, -0.2) is 36.2 Å². The molecule has 2 unspecified atom stereocenters. The predicted molar refractivity (Wildman–Crippen MR) is 242 cm³/mol. The highest BCUT2D eigenvalue weighted by molar-refractivity contribution is 7.89. The van der Waals surface area contributed by atoms with E-state index in [-0.39, 0.29) is 34.5 Å². The normalized spacial score (nSPS) is 14.2. The van der Waals surface area contributed by atoms with Gasteiger partial charge in [0.1, 0.15) is 34.9 Å². The smallest absolute Gasteiger partial charge is 0.241 e. The molecule has 0 amide bonds. The van der Waals surface area contributed by atoms with Gasteiger partial charge in [-0.3, -0.25) is 19.6 Å². The second-order valence-electron chi connectivity index (χ2n) is 16.5. The van der Waals surface area contributed by atoms with Crippen LogP contribution < -0.4 is 9.44 Å². The molecule has 0 aliphatic heterocycles. The summed E-state index contributed by atoms with van der Waals surface area (Å²) in [5.41, 5.74) is 6.29. The van der Waals surface area contributed by atoms with Crippen molar-refractivity contribution in [3.63, 3.8) is 0 Å². The van der Waals surface area contributed by atoms with Gasteiger partial charge in [-0.05, 0) is 86.1 Å². The van der Waals surface area contributed by atoms with E-state index in [1.54, 1.807) is 36.7 Å². The molecule has 63 heavy (non-hydrogen) atoms. The lowest BCUT2D eigenvalue weighted by atomic mass is 9.96. The van der Waals surface area contributed by atoms with E-state index >= 15 is 0 Å². The van der Waals surface area contributed by atoms with Crippen LogP contribution in [0.1, 0.15) is 74.7 Å². The minimum Gasteiger partial charge on any atom is -0.351 e. The molecule has 0 spiro atoms. The number of rotatable bonds is 22. The number of Topliss-reactive ketones (excluding diaryl/α,β-unsaturated/α-hetero) is 2. The molecule has 332 valence electrons. The molecule has 6 rings (SSSR count). The molecule has 4 N–H and O–H groups in total. The topological polar surface area (TPSA) is 219 Å². The lowest BCUT2D eigenvalue weighted by molar-refractivity contribution is -0.139. The zero-order chi connectivity index (χ0) is 45.6. The Bertz CT molecular complexity index is 2640. The molecule has 17 heteroatoms. The van der Waals surface area contributed by atoms with Crippen molar-refractivity contribution in [1.82, 2.24) is 39.3 Å². The van der Waals surface area contributed by atoms with Crippen molar-refractivity contribution in [3.8, 4) is 0 Å². The van der Waals surface area contributed by atoms with Crippen molar-refractivity contribution in [2.45, 2.75) is 101 Å². The van der Waals surface area contributed by atoms with Gasteiger partial charge in [0.15, 0.2) is 11.6 Å². The first-order valence-corrected chi connectivity index (χ1v) is 23.6. The highest BCUT2D eigenvalue weighted by Gasteiger charge is 2.36. The molecule has 6 aromatic rings. The summed E-state index contributed by atoms with van der Waals surface area (Å²) in [6.45, 7) is 18.6. The van der Waals surface area contributed by atoms with Gasteiger partial charge in [0.05, 0.1) is 44.3 Å². The third-order valence-corrected chi connectivity index (χ3v) is 13.4. The number of nitrogens with one attached hydrogen (secondary N) is 4. The van der Waals surface area contributed by atoms with E-state index in [1.807, 2.05) is 53.7 Å². The first-order chi connectivity index (χ1) is 29.9. The molecule has 0 aliphatic carbocycles. The van der Waals surface area contributed by atoms with Gasteiger partial charge in [-0.1, -0.05) is 64.1 Å². The van der Waals surface area contributed by atoms with Crippen molar-refractivity contribution in [3.05, 3.63) is 133 Å². The van der Waals surface area contributed by atoms with E-state index in [2.05, 4.69) is 52.5 Å². The lowest BCUT2D eigenvalue weighted by Crippen LogP contribution is -2.50. The second-order valence-corrected chi connectivity index (χ2v) is 19.9. The number of H-pyrrole nitrogens is 2. The summed E-state index contributed by atoms with van der Waals surface area (Å²) >= 11 is 0. The van der Waals surface area contributed by atoms with Crippen molar-refractivity contribution < 1.29 is 31.2 Å². The van der Waals surface area contributed by atoms with Crippen LogP contribution in [-0.2, 0) is 47.2 Å². The Balaban J connectivity index is 1.14. The number of nitrogens with zero attached hydrogens (tertiary/aromatic N) is 4. The molecule has 0 fully saturated rings. The van der Waals surface area contributed by atoms with Crippen molar-refractivity contribution in [2.24, 2.45) is 11.8 Å². The Morgan fingerprint density at radius 2 is 1.00 bits per heavy atom. The number of fused-ring (bicyclic) bond motifs is 2. The number of pyridine rings is 2. The monoisotopic (exact) mass is 894 g/mol. The van der Waals surface area contributed by atoms with Crippen molar-refractivity contribution in [1.29, 1.82) is 0 Å². The molecular weight excluding hydrogens is 841 g/mol. The minimum atomic E-state index is -4.23. The molecule has 4 aromatic heterocycles. The number of imidazole rings is 2. The van der Waals surface area contributed by atoms with E-state index < -0.39 is 55.9 Å². The molecule has 4 atom stereocenters. The number of sulfonamides is 2. The van der Waals surface area contributed by atoms with Gasteiger partial charge in [0, 0.05) is 25.2 Å². The van der Waals surface area contributed by atoms with Crippen LogP contribution in [0, 0.1) is 25.7 Å². The van der Waals surface area contributed by atoms with Gasteiger partial charge in [0.2, 0.25) is 20.0 Å². The van der Waals surface area contributed by atoms with E-state index in [4.69, 9.17) is 4.74 Å². The zero-order valence-electron chi connectivity index (χ0n) is 36.3. The predicted octanol–water partition coefficient (Wildman–Crippen LogP) is 6.38. The third kappa shape index (κ3) is 11.5. The van der Waals surface area contributed by atoms with E-state index in [1.165, 1.54) is 36.4 Å². The van der Waals surface area contributed by atoms with Crippen LogP contribution in [0.5, 0.6) is 0 Å². The Kier molecular flexibility index (Phi) is 14.7. The standard InChI is InChI=1S/C46H54N8O7S2/c1-9-41(45(55)39(23-27(3)4)53-62(57,58)33-15-11-31(12-16-33)25-37-43-35(19-21-47-37)49-29(7)51-43)61-42(10-2)46(56)40(24-28(5)6)54-63(59,60)34-17-13-32(14-18-34)26-38-44-36(20-22-48-38)50-30(8)52-44/h9-22,27-28,39-42,53-54H,1-2,23-26H2,3-8H3,(H,49,51)(H,50,52)/t39-,40-,41?,42?/m1/s1. The Morgan fingerprint density at radius 1 is 0.635 bits per heavy atom. The SMILES string of the molecule is C=CC(OC(C=C)C(=O)[C@@H](CC(C)C)NS(=O)(=O)c1ccc(Cc2nccc3[nH]c(C)nc23)cc1)C(=O)[C@@H](CC(C)C)NS(=O)(=O)c1ccc(Cc2nccc3[nH]c(C)nc23)cc1. The van der Waals surface area contributed by atoms with Crippen LogP contribution in [0.2, 0.25) is 0 Å². The molecule has 4 heterocycles. The fourth-order valence-electron chi connectivity index (χ4n) is 7.38. The average molecular weight is 895 g/mol. The highest BCUT2D eigenvalue weighted by atomic mass is 32.2. The summed E-state index contributed by atoms with van der Waals surface area (Å²) < 4.78 is 66.2. The van der Waals surface area contributed by atoms with Gasteiger partial charge < -0.3 is 14.7 Å². The van der Waals surface area contributed by atoms with Gasteiger partial charge >= 0.3 is 0 Å². The zero-order valence-corrected chi connectivity index (χ0v) is 37.9. The Labute approximate surface area is 368 Å². The number of carbonyl (C=O) groups is 2. The molecule has 0 saturated heterocycles. The maximum atomic E-state index is 14.1. The number of hydrogen-bond donors (Lipinski definition) is 4. The van der Waals surface area contributed by atoms with Crippen LogP contribution in [0.4, 0.5) is 0 Å². The van der Waals surface area contributed by atoms with Crippen LogP contribution in [0.3, 0.4) is 0 Å². The summed E-state index contributed by atoms with van der Waals surface area (Å²) in [6.07, 6.45) is 3.89. The Hall–Kier alpha value is -5.72. The van der Waals surface area contributed by atoms with Crippen LogP contribution >= 0.6 is 0 Å². The van der Waals surface area contributed by atoms with Gasteiger partial charge in [-0.2, -0.15) is 0 Å². The van der Waals surface area contributed by atoms with E-state index in [0.29, 0.717) is 12.8 Å². The first-order valence-electron chi connectivity index (χ1n) is 20.7. The average Bonchev–Trinajstić information content (AvgIpc) is 3.82. The number of aromatic amines is 2. The van der Waals surface area contributed by atoms with Crippen molar-refractivity contribution in [2.75, 3.05) is 0 Å². The van der Waals surface area contributed by atoms with Crippen molar-refractivity contribution >= 4 is 53.7 Å². The Morgan fingerprint density at radius 3 is 1.33 bits per heavy atom. The molecule has 0 saturated carbocycles. The number of ether oxygens (including phenoxy) is 1. The number of aryl methyl sites for hydroxylation is 2. The number of carbonyl (C=O) groups excluding carboxylic acids is 2. The number of hydrogen-bond acceptors (Lipinski definition) is 11. The molecular formula is C46H54N8O7S2. The third-order valence-electron chi connectivity index (χ3n) is 10.4. The molecule has 0 radical (unpaired) electrons. The van der Waals surface area contributed by atoms with Crippen LogP contribution in [0.15, 0.2) is 108 Å².